The molecule has 136 valence electrons. The zero-order chi connectivity index (χ0) is 15.2. The van der Waals surface area contributed by atoms with E-state index < -0.39 is 0 Å². The lowest BCUT2D eigenvalue weighted by atomic mass is 9.99. The van der Waals surface area contributed by atoms with Crippen LogP contribution in [0.4, 0.5) is 5.69 Å². The molecule has 0 radical (unpaired) electrons. The summed E-state index contributed by atoms with van der Waals surface area (Å²) in [4.78, 5) is 14.6. The SMILES string of the molecule is Cl.Cl.O=C(Nc1ccc(CN2CCOCC2)cc1)[C@@H]1CCCNC1. The van der Waals surface area contributed by atoms with Crippen LogP contribution in [0.2, 0.25) is 0 Å². The lowest BCUT2D eigenvalue weighted by molar-refractivity contribution is -0.120. The van der Waals surface area contributed by atoms with Crippen LogP contribution in [-0.2, 0) is 16.1 Å². The van der Waals surface area contributed by atoms with Gasteiger partial charge in [-0.05, 0) is 37.1 Å². The molecule has 2 aliphatic heterocycles. The van der Waals surface area contributed by atoms with Gasteiger partial charge in [-0.1, -0.05) is 12.1 Å². The van der Waals surface area contributed by atoms with Crippen molar-refractivity contribution in [2.45, 2.75) is 19.4 Å². The Labute approximate surface area is 156 Å². The number of nitrogens with zero attached hydrogens (tertiary/aromatic N) is 1. The molecule has 1 aromatic carbocycles. The van der Waals surface area contributed by atoms with Crippen LogP contribution < -0.4 is 10.6 Å². The number of hydrogen-bond donors (Lipinski definition) is 2. The van der Waals surface area contributed by atoms with E-state index in [1.54, 1.807) is 0 Å². The molecule has 0 bridgehead atoms. The van der Waals surface area contributed by atoms with E-state index in [-0.39, 0.29) is 36.6 Å². The second-order valence-corrected chi connectivity index (χ2v) is 6.12. The first kappa shape index (κ1) is 21.2. The van der Waals surface area contributed by atoms with Gasteiger partial charge in [0.15, 0.2) is 0 Å². The Balaban J connectivity index is 0.00000144. The van der Waals surface area contributed by atoms with Gasteiger partial charge < -0.3 is 15.4 Å². The smallest absolute Gasteiger partial charge is 0.228 e. The molecule has 3 rings (SSSR count). The quantitative estimate of drug-likeness (QED) is 0.847. The van der Waals surface area contributed by atoms with Crippen molar-refractivity contribution in [3.05, 3.63) is 29.8 Å². The molecular weight excluding hydrogens is 349 g/mol. The number of ether oxygens (including phenoxy) is 1. The molecule has 2 heterocycles. The maximum absolute atomic E-state index is 12.2. The zero-order valence-electron chi connectivity index (χ0n) is 13.8. The summed E-state index contributed by atoms with van der Waals surface area (Å²) in [5.74, 6) is 0.231. The van der Waals surface area contributed by atoms with E-state index in [0.29, 0.717) is 0 Å². The molecule has 2 fully saturated rings. The van der Waals surface area contributed by atoms with E-state index in [4.69, 9.17) is 4.74 Å². The number of rotatable bonds is 4. The lowest BCUT2D eigenvalue weighted by Crippen LogP contribution is -2.37. The van der Waals surface area contributed by atoms with Crippen LogP contribution in [0.3, 0.4) is 0 Å². The average molecular weight is 376 g/mol. The molecule has 2 saturated heterocycles. The third kappa shape index (κ3) is 6.22. The molecule has 24 heavy (non-hydrogen) atoms. The minimum absolute atomic E-state index is 0. The van der Waals surface area contributed by atoms with Gasteiger partial charge in [0.05, 0.1) is 19.1 Å². The fourth-order valence-corrected chi connectivity index (χ4v) is 3.03. The first-order valence-electron chi connectivity index (χ1n) is 8.22. The zero-order valence-corrected chi connectivity index (χ0v) is 15.5. The van der Waals surface area contributed by atoms with E-state index in [1.165, 1.54) is 5.56 Å². The summed E-state index contributed by atoms with van der Waals surface area (Å²) in [5, 5.41) is 6.31. The van der Waals surface area contributed by atoms with Gasteiger partial charge in [0, 0.05) is 31.9 Å². The van der Waals surface area contributed by atoms with Gasteiger partial charge in [0.1, 0.15) is 0 Å². The van der Waals surface area contributed by atoms with Crippen LogP contribution >= 0.6 is 24.8 Å². The number of amides is 1. The Hall–Kier alpha value is -0.850. The second kappa shape index (κ2) is 10.9. The van der Waals surface area contributed by atoms with Gasteiger partial charge >= 0.3 is 0 Å². The van der Waals surface area contributed by atoms with Crippen LogP contribution in [-0.4, -0.2) is 50.2 Å². The molecule has 7 heteroatoms. The summed E-state index contributed by atoms with van der Waals surface area (Å²) >= 11 is 0. The number of morpholine rings is 1. The van der Waals surface area contributed by atoms with Crippen molar-refractivity contribution in [2.24, 2.45) is 5.92 Å². The summed E-state index contributed by atoms with van der Waals surface area (Å²) in [6.45, 7) is 6.40. The summed E-state index contributed by atoms with van der Waals surface area (Å²) in [6, 6.07) is 8.21. The molecule has 0 saturated carbocycles. The van der Waals surface area contributed by atoms with Gasteiger partial charge in [0.25, 0.3) is 0 Å². The maximum atomic E-state index is 12.2. The molecule has 5 nitrogen and oxygen atoms in total. The molecule has 0 aliphatic carbocycles. The van der Waals surface area contributed by atoms with E-state index in [2.05, 4.69) is 27.7 Å². The molecule has 0 aromatic heterocycles. The number of carbonyl (C=O) groups excluding carboxylic acids is 1. The van der Waals surface area contributed by atoms with Crippen molar-refractivity contribution < 1.29 is 9.53 Å². The number of piperidine rings is 1. The number of hydrogen-bond acceptors (Lipinski definition) is 4. The molecule has 2 aliphatic rings. The van der Waals surface area contributed by atoms with Crippen LogP contribution in [0.25, 0.3) is 0 Å². The average Bonchev–Trinajstić information content (AvgIpc) is 2.58. The summed E-state index contributed by atoms with van der Waals surface area (Å²) in [7, 11) is 0. The first-order chi connectivity index (χ1) is 10.8. The Morgan fingerprint density at radius 2 is 1.92 bits per heavy atom. The van der Waals surface area contributed by atoms with Gasteiger partial charge in [-0.3, -0.25) is 9.69 Å². The highest BCUT2D eigenvalue weighted by atomic mass is 35.5. The molecule has 0 spiro atoms. The van der Waals surface area contributed by atoms with E-state index in [0.717, 1.165) is 64.5 Å². The summed E-state index contributed by atoms with van der Waals surface area (Å²) in [5.41, 5.74) is 2.17. The highest BCUT2D eigenvalue weighted by Crippen LogP contribution is 2.16. The van der Waals surface area contributed by atoms with Crippen LogP contribution in [0.1, 0.15) is 18.4 Å². The largest absolute Gasteiger partial charge is 0.379 e. The molecule has 1 amide bonds. The van der Waals surface area contributed by atoms with Gasteiger partial charge in [-0.25, -0.2) is 0 Å². The van der Waals surface area contributed by atoms with Crippen molar-refractivity contribution in [3.8, 4) is 0 Å². The molecule has 1 aromatic rings. The number of nitrogens with one attached hydrogen (secondary N) is 2. The van der Waals surface area contributed by atoms with E-state index in [1.807, 2.05) is 12.1 Å². The number of halogens is 2. The fourth-order valence-electron chi connectivity index (χ4n) is 3.03. The molecular formula is C17H27Cl2N3O2. The van der Waals surface area contributed by atoms with Gasteiger partial charge in [-0.2, -0.15) is 0 Å². The monoisotopic (exact) mass is 375 g/mol. The fraction of sp³-hybridized carbons (Fsp3) is 0.588. The van der Waals surface area contributed by atoms with Crippen LogP contribution in [0.15, 0.2) is 24.3 Å². The lowest BCUT2D eigenvalue weighted by Gasteiger charge is -2.26. The Morgan fingerprint density at radius 3 is 2.54 bits per heavy atom. The third-order valence-corrected chi connectivity index (χ3v) is 4.40. The summed E-state index contributed by atoms with van der Waals surface area (Å²) < 4.78 is 5.36. The highest BCUT2D eigenvalue weighted by Gasteiger charge is 2.20. The van der Waals surface area contributed by atoms with Crippen molar-refractivity contribution in [1.29, 1.82) is 0 Å². The Kier molecular flexibility index (Phi) is 9.63. The molecule has 0 unspecified atom stereocenters. The van der Waals surface area contributed by atoms with Crippen molar-refractivity contribution in [1.82, 2.24) is 10.2 Å². The van der Waals surface area contributed by atoms with E-state index >= 15 is 0 Å². The third-order valence-electron chi connectivity index (χ3n) is 4.40. The second-order valence-electron chi connectivity index (χ2n) is 6.12. The highest BCUT2D eigenvalue weighted by molar-refractivity contribution is 5.92. The van der Waals surface area contributed by atoms with Crippen molar-refractivity contribution >= 4 is 36.4 Å². The minimum atomic E-state index is 0. The normalized spacial score (nSPS) is 21.2. The van der Waals surface area contributed by atoms with Crippen LogP contribution in [0.5, 0.6) is 0 Å². The Morgan fingerprint density at radius 1 is 1.21 bits per heavy atom. The van der Waals surface area contributed by atoms with Gasteiger partial charge in [0.2, 0.25) is 5.91 Å². The molecule has 1 atom stereocenters. The first-order valence-corrected chi connectivity index (χ1v) is 8.22. The minimum Gasteiger partial charge on any atom is -0.379 e. The number of benzene rings is 1. The molecule has 2 N–H and O–H groups in total. The maximum Gasteiger partial charge on any atom is 0.228 e. The van der Waals surface area contributed by atoms with E-state index in [9.17, 15) is 4.79 Å². The number of anilines is 1. The van der Waals surface area contributed by atoms with Gasteiger partial charge in [-0.15, -0.1) is 24.8 Å². The predicted molar refractivity (Wildman–Crippen MR) is 101 cm³/mol. The predicted octanol–water partition coefficient (Wildman–Crippen LogP) is 2.30. The summed E-state index contributed by atoms with van der Waals surface area (Å²) in [6.07, 6.45) is 2.06. The standard InChI is InChI=1S/C17H25N3O2.2ClH/c21-17(15-2-1-7-18-12-15)19-16-5-3-14(4-6-16)13-20-8-10-22-11-9-20;;/h3-6,15,18H,1-2,7-13H2,(H,19,21);2*1H/t15-;;/m1../s1. The van der Waals surface area contributed by atoms with Crippen molar-refractivity contribution in [3.63, 3.8) is 0 Å². The Bertz CT molecular complexity index is 487. The van der Waals surface area contributed by atoms with Crippen LogP contribution in [0, 0.1) is 5.92 Å². The topological polar surface area (TPSA) is 53.6 Å². The van der Waals surface area contributed by atoms with Crippen molar-refractivity contribution in [2.75, 3.05) is 44.7 Å². The number of carbonyl (C=O) groups is 1.